The van der Waals surface area contributed by atoms with Crippen molar-refractivity contribution >= 4 is 22.5 Å². The van der Waals surface area contributed by atoms with Crippen molar-refractivity contribution < 1.29 is 18.3 Å². The van der Waals surface area contributed by atoms with Gasteiger partial charge < -0.3 is 5.11 Å². The van der Waals surface area contributed by atoms with E-state index in [0.29, 0.717) is 5.69 Å². The molecule has 76 valence electrons. The van der Waals surface area contributed by atoms with E-state index in [9.17, 15) is 13.2 Å². The lowest BCUT2D eigenvalue weighted by Gasteiger charge is -2.10. The molecule has 0 aliphatic carbocycles. The lowest BCUT2D eigenvalue weighted by atomic mass is 10.2. The maximum absolute atomic E-state index is 10.6. The Bertz CT molecular complexity index is 402. The van der Waals surface area contributed by atoms with Crippen molar-refractivity contribution in [2.45, 2.75) is 0 Å². The number of carbonyl (C=O) groups is 1. The Balaban J connectivity index is 2.99. The van der Waals surface area contributed by atoms with Gasteiger partial charge in [-0.1, -0.05) is 0 Å². The fourth-order valence-electron chi connectivity index (χ4n) is 0.914. The van der Waals surface area contributed by atoms with Crippen LogP contribution in [0.1, 0.15) is 10.4 Å². The van der Waals surface area contributed by atoms with Gasteiger partial charge in [-0.15, -0.1) is 0 Å². The zero-order chi connectivity index (χ0) is 10.7. The second kappa shape index (κ2) is 4.10. The third kappa shape index (κ3) is 2.23. The molecule has 0 heterocycles. The highest BCUT2D eigenvalue weighted by Gasteiger charge is 2.04. The number of hydrogen-bond acceptors (Lipinski definition) is 3. The molecule has 0 aliphatic heterocycles. The van der Waals surface area contributed by atoms with Crippen LogP contribution in [0, 0.1) is 0 Å². The van der Waals surface area contributed by atoms with Crippen LogP contribution >= 0.6 is 0 Å². The lowest BCUT2D eigenvalue weighted by molar-refractivity contribution is 0.0697. The molecular formula is C8H9NO4S. The smallest absolute Gasteiger partial charge is 0.335 e. The van der Waals surface area contributed by atoms with Crippen molar-refractivity contribution in [2.75, 3.05) is 11.4 Å². The molecule has 0 radical (unpaired) electrons. The molecule has 1 aromatic rings. The summed E-state index contributed by atoms with van der Waals surface area (Å²) >= 11 is 0. The number of anilines is 1. The molecule has 1 aromatic carbocycles. The Labute approximate surface area is 82.7 Å². The molecule has 0 aromatic heterocycles. The van der Waals surface area contributed by atoms with Gasteiger partial charge >= 0.3 is 5.97 Å². The molecule has 0 spiro atoms. The van der Waals surface area contributed by atoms with Crippen LogP contribution in [0.5, 0.6) is 0 Å². The minimum atomic E-state index is -2.68. The first-order chi connectivity index (χ1) is 6.52. The van der Waals surface area contributed by atoms with Gasteiger partial charge in [-0.05, 0) is 24.3 Å². The van der Waals surface area contributed by atoms with Crippen LogP contribution in [0.3, 0.4) is 0 Å². The van der Waals surface area contributed by atoms with Crippen LogP contribution in [0.25, 0.3) is 0 Å². The third-order valence-electron chi connectivity index (χ3n) is 1.73. The maximum atomic E-state index is 10.6. The second-order valence-electron chi connectivity index (χ2n) is 2.61. The molecule has 14 heavy (non-hydrogen) atoms. The minimum Gasteiger partial charge on any atom is -0.478 e. The van der Waals surface area contributed by atoms with E-state index in [4.69, 9.17) is 5.11 Å². The number of rotatable bonds is 3. The first kappa shape index (κ1) is 10.5. The van der Waals surface area contributed by atoms with Gasteiger partial charge in [0.25, 0.3) is 0 Å². The van der Waals surface area contributed by atoms with Gasteiger partial charge in [0.15, 0.2) is 0 Å². The maximum Gasteiger partial charge on any atom is 0.335 e. The van der Waals surface area contributed by atoms with E-state index in [2.05, 4.69) is 0 Å². The molecule has 5 nitrogen and oxygen atoms in total. The SMILES string of the molecule is CN(c1ccc(C(=O)O)cc1)[SH](=O)=O. The molecule has 1 N–H and O–H groups in total. The van der Waals surface area contributed by atoms with Crippen LogP contribution < -0.4 is 4.31 Å². The van der Waals surface area contributed by atoms with Crippen molar-refractivity contribution in [3.63, 3.8) is 0 Å². The van der Waals surface area contributed by atoms with Gasteiger partial charge in [0.1, 0.15) is 0 Å². The highest BCUT2D eigenvalue weighted by molar-refractivity contribution is 7.74. The summed E-state index contributed by atoms with van der Waals surface area (Å²) < 4.78 is 22.2. The summed E-state index contributed by atoms with van der Waals surface area (Å²) in [5.41, 5.74) is 0.564. The summed E-state index contributed by atoms with van der Waals surface area (Å²) in [5.74, 6) is -1.04. The quantitative estimate of drug-likeness (QED) is 0.713. The number of hydrogen-bond donors (Lipinski definition) is 2. The summed E-state index contributed by atoms with van der Waals surface area (Å²) in [6, 6.07) is 5.59. The number of benzene rings is 1. The van der Waals surface area contributed by atoms with E-state index in [0.717, 1.165) is 4.31 Å². The summed E-state index contributed by atoms with van der Waals surface area (Å²) in [5, 5.41) is 8.59. The Hall–Kier alpha value is -1.56. The van der Waals surface area contributed by atoms with E-state index in [1.807, 2.05) is 0 Å². The predicted octanol–water partition coefficient (Wildman–Crippen LogP) is 0.347. The average Bonchev–Trinajstić information content (AvgIpc) is 2.16. The van der Waals surface area contributed by atoms with Crippen molar-refractivity contribution in [3.8, 4) is 0 Å². The molecular weight excluding hydrogens is 206 g/mol. The summed E-state index contributed by atoms with van der Waals surface area (Å²) in [6.07, 6.45) is 0. The fourth-order valence-corrected chi connectivity index (χ4v) is 1.24. The van der Waals surface area contributed by atoms with Crippen molar-refractivity contribution in [2.24, 2.45) is 0 Å². The van der Waals surface area contributed by atoms with E-state index in [1.165, 1.54) is 31.3 Å². The molecule has 0 aliphatic rings. The van der Waals surface area contributed by atoms with E-state index in [1.54, 1.807) is 0 Å². The van der Waals surface area contributed by atoms with Gasteiger partial charge in [0.2, 0.25) is 10.9 Å². The Morgan fingerprint density at radius 3 is 2.14 bits per heavy atom. The first-order valence-electron chi connectivity index (χ1n) is 3.74. The van der Waals surface area contributed by atoms with Crippen LogP contribution in [0.4, 0.5) is 5.69 Å². The topological polar surface area (TPSA) is 74.7 Å². The normalized spacial score (nSPS) is 10.1. The van der Waals surface area contributed by atoms with Gasteiger partial charge in [-0.2, -0.15) is 0 Å². The fraction of sp³-hybridized carbons (Fsp3) is 0.125. The van der Waals surface area contributed by atoms with Gasteiger partial charge in [-0.25, -0.2) is 13.2 Å². The van der Waals surface area contributed by atoms with E-state index >= 15 is 0 Å². The van der Waals surface area contributed by atoms with Crippen molar-refractivity contribution in [3.05, 3.63) is 29.8 Å². The number of carboxylic acid groups (broad SMARTS) is 1. The zero-order valence-electron chi connectivity index (χ0n) is 7.38. The van der Waals surface area contributed by atoms with Crippen molar-refractivity contribution in [1.82, 2.24) is 0 Å². The summed E-state index contributed by atoms with van der Waals surface area (Å²) in [6.45, 7) is 0. The largest absolute Gasteiger partial charge is 0.478 e. The van der Waals surface area contributed by atoms with Gasteiger partial charge in [0.05, 0.1) is 11.3 Å². The van der Waals surface area contributed by atoms with E-state index < -0.39 is 16.9 Å². The number of thiol groups is 1. The Morgan fingerprint density at radius 2 is 1.79 bits per heavy atom. The standard InChI is InChI=1S/C8H9NO4S/c1-9(14(12)13)7-4-2-6(3-5-7)8(10)11/h2-5,14H,1H3,(H,10,11). The third-order valence-corrected chi connectivity index (χ3v) is 2.45. The zero-order valence-corrected chi connectivity index (χ0v) is 8.27. The Kier molecular flexibility index (Phi) is 3.08. The molecule has 0 saturated carbocycles. The molecule has 0 fully saturated rings. The molecule has 0 atom stereocenters. The molecule has 0 saturated heterocycles. The first-order valence-corrected chi connectivity index (χ1v) is 4.87. The van der Waals surface area contributed by atoms with Crippen LogP contribution in [-0.4, -0.2) is 26.5 Å². The van der Waals surface area contributed by atoms with E-state index in [-0.39, 0.29) is 5.56 Å². The number of nitrogens with zero attached hydrogens (tertiary/aromatic N) is 1. The molecule has 1 rings (SSSR count). The highest BCUT2D eigenvalue weighted by atomic mass is 32.2. The van der Waals surface area contributed by atoms with Crippen LogP contribution in [0.15, 0.2) is 24.3 Å². The molecule has 0 bridgehead atoms. The highest BCUT2D eigenvalue weighted by Crippen LogP contribution is 2.13. The Morgan fingerprint density at radius 1 is 1.29 bits per heavy atom. The van der Waals surface area contributed by atoms with Gasteiger partial charge in [0, 0.05) is 7.05 Å². The molecule has 0 amide bonds. The van der Waals surface area contributed by atoms with Crippen LogP contribution in [-0.2, 0) is 10.9 Å². The molecule has 0 unspecified atom stereocenters. The second-order valence-corrected chi connectivity index (χ2v) is 3.69. The predicted molar refractivity (Wildman–Crippen MR) is 52.1 cm³/mol. The van der Waals surface area contributed by atoms with Crippen molar-refractivity contribution in [1.29, 1.82) is 0 Å². The summed E-state index contributed by atoms with van der Waals surface area (Å²) in [4.78, 5) is 10.5. The number of aromatic carboxylic acids is 1. The van der Waals surface area contributed by atoms with Gasteiger partial charge in [-0.3, -0.25) is 4.31 Å². The average molecular weight is 215 g/mol. The molecule has 6 heteroatoms. The minimum absolute atomic E-state index is 0.128. The van der Waals surface area contributed by atoms with Crippen LogP contribution in [0.2, 0.25) is 0 Å². The lowest BCUT2D eigenvalue weighted by Crippen LogP contribution is -2.14. The number of carboxylic acids is 1. The summed E-state index contributed by atoms with van der Waals surface area (Å²) in [7, 11) is -1.29. The monoisotopic (exact) mass is 215 g/mol.